The molecule has 0 saturated carbocycles. The van der Waals surface area contributed by atoms with Crippen LogP contribution in [0.25, 0.3) is 0 Å². The van der Waals surface area contributed by atoms with Gasteiger partial charge in [0.2, 0.25) is 0 Å². The van der Waals surface area contributed by atoms with E-state index in [1.54, 1.807) is 0 Å². The van der Waals surface area contributed by atoms with E-state index in [0.717, 1.165) is 18.7 Å². The minimum absolute atomic E-state index is 0.841. The molecule has 0 aromatic carbocycles. The molecule has 0 fully saturated rings. The van der Waals surface area contributed by atoms with Crippen LogP contribution in [0.4, 0.5) is 0 Å². The Labute approximate surface area is 93.1 Å². The van der Waals surface area contributed by atoms with Gasteiger partial charge in [0.1, 0.15) is 0 Å². The fourth-order valence-corrected chi connectivity index (χ4v) is 4.09. The van der Waals surface area contributed by atoms with Gasteiger partial charge >= 0.3 is 0 Å². The molecule has 1 rings (SSSR count). The van der Waals surface area contributed by atoms with Crippen molar-refractivity contribution in [2.75, 3.05) is 6.54 Å². The van der Waals surface area contributed by atoms with Crippen molar-refractivity contribution < 1.29 is 4.21 Å². The Bertz CT molecular complexity index is 228. The van der Waals surface area contributed by atoms with E-state index in [4.69, 9.17) is 0 Å². The van der Waals surface area contributed by atoms with Gasteiger partial charge in [0, 0.05) is 17.6 Å². The number of allylic oxidation sites excluding steroid dienone is 1. The molecule has 0 bridgehead atoms. The Balaban J connectivity index is 2.12. The second-order valence-electron chi connectivity index (χ2n) is 3.59. The van der Waals surface area contributed by atoms with Gasteiger partial charge in [0.15, 0.2) is 10.0 Å². The molecular formula is C10H19NOS2. The Morgan fingerprint density at radius 2 is 2.07 bits per heavy atom. The lowest BCUT2D eigenvalue weighted by Crippen LogP contribution is -2.19. The summed E-state index contributed by atoms with van der Waals surface area (Å²) >= 11 is 0. The van der Waals surface area contributed by atoms with Gasteiger partial charge in [0.25, 0.3) is 0 Å². The lowest BCUT2D eigenvalue weighted by Gasteiger charge is -2.16. The van der Waals surface area contributed by atoms with Crippen molar-refractivity contribution in [1.82, 2.24) is 4.31 Å². The quantitative estimate of drug-likeness (QED) is 0.517. The van der Waals surface area contributed by atoms with Crippen LogP contribution < -0.4 is 0 Å². The molecule has 0 saturated heterocycles. The summed E-state index contributed by atoms with van der Waals surface area (Å²) in [5.74, 6) is 0. The maximum absolute atomic E-state index is 11.5. The number of hydrogen-bond acceptors (Lipinski definition) is 2. The molecule has 1 unspecified atom stereocenters. The second kappa shape index (κ2) is 6.51. The van der Waals surface area contributed by atoms with E-state index in [0.29, 0.717) is 0 Å². The van der Waals surface area contributed by atoms with E-state index in [-0.39, 0.29) is 0 Å². The molecule has 0 spiro atoms. The van der Waals surface area contributed by atoms with Gasteiger partial charge < -0.3 is 0 Å². The smallest absolute Gasteiger partial charge is 0.186 e. The molecule has 0 amide bonds. The van der Waals surface area contributed by atoms with E-state index < -0.39 is 10.0 Å². The van der Waals surface area contributed by atoms with E-state index in [1.807, 2.05) is 16.6 Å². The minimum Gasteiger partial charge on any atom is -0.286 e. The fraction of sp³-hybridized carbons (Fsp3) is 0.800. The maximum atomic E-state index is 11.5. The average Bonchev–Trinajstić information content (AvgIpc) is 2.48. The van der Waals surface area contributed by atoms with E-state index in [1.165, 1.54) is 36.5 Å². The van der Waals surface area contributed by atoms with E-state index in [9.17, 15) is 4.21 Å². The SMILES string of the molecule is CCCCCCCN1C(C)=CSS1=O. The predicted molar refractivity (Wildman–Crippen MR) is 65.0 cm³/mol. The van der Waals surface area contributed by atoms with Crippen LogP contribution in [-0.2, 0) is 10.0 Å². The summed E-state index contributed by atoms with van der Waals surface area (Å²) in [6.45, 7) is 5.20. The average molecular weight is 233 g/mol. The summed E-state index contributed by atoms with van der Waals surface area (Å²) in [5.41, 5.74) is 1.16. The first-order chi connectivity index (χ1) is 6.75. The van der Waals surface area contributed by atoms with Crippen molar-refractivity contribution in [3.8, 4) is 0 Å². The van der Waals surface area contributed by atoms with E-state index >= 15 is 0 Å². The summed E-state index contributed by atoms with van der Waals surface area (Å²) in [7, 11) is 0.577. The standard InChI is InChI=1S/C10H19NOS2/c1-3-4-5-6-7-8-11-10(2)9-13-14(11)12/h9H,3-8H2,1-2H3. The lowest BCUT2D eigenvalue weighted by molar-refractivity contribution is 0.501. The van der Waals surface area contributed by atoms with Crippen molar-refractivity contribution in [1.29, 1.82) is 0 Å². The van der Waals surface area contributed by atoms with Gasteiger partial charge in [-0.15, -0.1) is 0 Å². The Kier molecular flexibility index (Phi) is 5.63. The molecule has 1 atom stereocenters. The van der Waals surface area contributed by atoms with Crippen molar-refractivity contribution in [3.63, 3.8) is 0 Å². The van der Waals surface area contributed by atoms with Gasteiger partial charge in [-0.05, 0) is 24.1 Å². The van der Waals surface area contributed by atoms with Crippen molar-refractivity contribution in [2.24, 2.45) is 0 Å². The van der Waals surface area contributed by atoms with Crippen LogP contribution in [0, 0.1) is 0 Å². The van der Waals surface area contributed by atoms with Crippen molar-refractivity contribution >= 4 is 20.8 Å². The molecule has 14 heavy (non-hydrogen) atoms. The topological polar surface area (TPSA) is 20.3 Å². The third-order valence-electron chi connectivity index (χ3n) is 2.34. The highest BCUT2D eigenvalue weighted by Crippen LogP contribution is 2.28. The molecule has 4 heteroatoms. The predicted octanol–water partition coefficient (Wildman–Crippen LogP) is 3.45. The first-order valence-corrected chi connectivity index (χ1v) is 7.79. The van der Waals surface area contributed by atoms with Gasteiger partial charge in [0.05, 0.1) is 0 Å². The van der Waals surface area contributed by atoms with Crippen molar-refractivity contribution in [2.45, 2.75) is 46.0 Å². The Morgan fingerprint density at radius 1 is 1.36 bits per heavy atom. The van der Waals surface area contributed by atoms with Crippen LogP contribution in [0.2, 0.25) is 0 Å². The third-order valence-corrected chi connectivity index (χ3v) is 5.09. The highest BCUT2D eigenvalue weighted by molar-refractivity contribution is 8.70. The third kappa shape index (κ3) is 3.65. The second-order valence-corrected chi connectivity index (χ2v) is 6.32. The minimum atomic E-state index is -0.841. The highest BCUT2D eigenvalue weighted by atomic mass is 33.1. The summed E-state index contributed by atoms with van der Waals surface area (Å²) in [4.78, 5) is 0. The first kappa shape index (κ1) is 12.1. The van der Waals surface area contributed by atoms with Gasteiger partial charge in [-0.3, -0.25) is 4.31 Å². The van der Waals surface area contributed by atoms with Crippen LogP contribution in [0.5, 0.6) is 0 Å². The number of rotatable bonds is 6. The van der Waals surface area contributed by atoms with Gasteiger partial charge in [-0.1, -0.05) is 32.6 Å². The summed E-state index contributed by atoms with van der Waals surface area (Å²) in [5, 5.41) is 1.99. The number of unbranched alkanes of at least 4 members (excludes halogenated alkanes) is 4. The van der Waals surface area contributed by atoms with Crippen LogP contribution in [0.1, 0.15) is 46.0 Å². The monoisotopic (exact) mass is 233 g/mol. The molecule has 0 N–H and O–H groups in total. The molecule has 0 aliphatic carbocycles. The van der Waals surface area contributed by atoms with Crippen LogP contribution in [0.15, 0.2) is 11.1 Å². The molecule has 2 nitrogen and oxygen atoms in total. The maximum Gasteiger partial charge on any atom is 0.186 e. The zero-order valence-electron chi connectivity index (χ0n) is 8.99. The fourth-order valence-electron chi connectivity index (χ4n) is 1.45. The molecule has 1 aliphatic rings. The molecule has 1 heterocycles. The lowest BCUT2D eigenvalue weighted by atomic mass is 10.1. The molecule has 0 aromatic heterocycles. The van der Waals surface area contributed by atoms with Crippen LogP contribution in [-0.4, -0.2) is 15.1 Å². The summed E-state index contributed by atoms with van der Waals surface area (Å²) < 4.78 is 13.4. The van der Waals surface area contributed by atoms with Crippen LogP contribution >= 0.6 is 10.8 Å². The molecule has 0 aromatic rings. The van der Waals surface area contributed by atoms with Crippen LogP contribution in [0.3, 0.4) is 0 Å². The Hall–Kier alpha value is 0.0400. The molecule has 1 aliphatic heterocycles. The summed E-state index contributed by atoms with van der Waals surface area (Å²) in [6.07, 6.45) is 6.35. The summed E-state index contributed by atoms with van der Waals surface area (Å²) in [6, 6.07) is 0. The first-order valence-electron chi connectivity index (χ1n) is 5.29. The Morgan fingerprint density at radius 3 is 2.64 bits per heavy atom. The largest absolute Gasteiger partial charge is 0.286 e. The van der Waals surface area contributed by atoms with Crippen molar-refractivity contribution in [3.05, 3.63) is 11.1 Å². The zero-order valence-corrected chi connectivity index (χ0v) is 10.6. The van der Waals surface area contributed by atoms with E-state index in [2.05, 4.69) is 6.92 Å². The number of hydrogen-bond donors (Lipinski definition) is 0. The normalized spacial score (nSPS) is 21.4. The number of nitrogens with zero attached hydrogens (tertiary/aromatic N) is 1. The highest BCUT2D eigenvalue weighted by Gasteiger charge is 2.18. The van der Waals surface area contributed by atoms with Gasteiger partial charge in [-0.25, -0.2) is 4.21 Å². The zero-order chi connectivity index (χ0) is 10.4. The molecule has 82 valence electrons. The molecular weight excluding hydrogens is 214 g/mol. The molecule has 0 radical (unpaired) electrons. The van der Waals surface area contributed by atoms with Gasteiger partial charge in [-0.2, -0.15) is 0 Å².